The van der Waals surface area contributed by atoms with Crippen LogP contribution in [0.1, 0.15) is 24.4 Å². The number of nitrogens with one attached hydrogen (secondary N) is 1. The molecule has 0 atom stereocenters. The highest BCUT2D eigenvalue weighted by Crippen LogP contribution is 2.36. The molecule has 6 nitrogen and oxygen atoms in total. The van der Waals surface area contributed by atoms with Crippen molar-refractivity contribution in [2.75, 3.05) is 12.3 Å². The molecule has 0 aromatic carbocycles. The second kappa shape index (κ2) is 5.53. The topological polar surface area (TPSA) is 68.8 Å². The zero-order chi connectivity index (χ0) is 12.2. The van der Waals surface area contributed by atoms with Crippen LogP contribution in [0, 0.1) is 0 Å². The smallest absolute Gasteiger partial charge is 0.209 e. The molecule has 0 bridgehead atoms. The number of thioether (sulfide) groups is 1. The van der Waals surface area contributed by atoms with Gasteiger partial charge in [-0.2, -0.15) is 0 Å². The number of tetrazole rings is 1. The van der Waals surface area contributed by atoms with Crippen molar-refractivity contribution >= 4 is 11.8 Å². The first kappa shape index (κ1) is 11.7. The minimum atomic E-state index is 0.543. The third-order valence-electron chi connectivity index (χ3n) is 2.77. The molecule has 2 aromatic rings. The van der Waals surface area contributed by atoms with Gasteiger partial charge in [0.15, 0.2) is 0 Å². The summed E-state index contributed by atoms with van der Waals surface area (Å²) in [5.41, 5.74) is 1.17. The van der Waals surface area contributed by atoms with Gasteiger partial charge in [-0.25, -0.2) is 4.68 Å². The summed E-state index contributed by atoms with van der Waals surface area (Å²) in [7, 11) is 0. The lowest BCUT2D eigenvalue weighted by Gasteiger charge is -2.03. The number of nitrogens with zero attached hydrogens (tertiary/aromatic N) is 4. The Labute approximate surface area is 109 Å². The van der Waals surface area contributed by atoms with E-state index >= 15 is 0 Å². The van der Waals surface area contributed by atoms with Crippen LogP contribution in [0.2, 0.25) is 0 Å². The van der Waals surface area contributed by atoms with Crippen molar-refractivity contribution in [3.8, 4) is 0 Å². The molecule has 1 saturated carbocycles. The SMILES string of the molecule is c1cc(CNCCSc2nnnn2C2CC2)co1. The molecular weight excluding hydrogens is 250 g/mol. The van der Waals surface area contributed by atoms with Crippen LogP contribution in [0.4, 0.5) is 0 Å². The van der Waals surface area contributed by atoms with E-state index in [1.807, 2.05) is 10.7 Å². The third-order valence-corrected chi connectivity index (χ3v) is 3.71. The van der Waals surface area contributed by atoms with Gasteiger partial charge < -0.3 is 9.73 Å². The van der Waals surface area contributed by atoms with Crippen LogP contribution in [0.5, 0.6) is 0 Å². The van der Waals surface area contributed by atoms with Crippen LogP contribution < -0.4 is 5.32 Å². The fraction of sp³-hybridized carbons (Fsp3) is 0.545. The average Bonchev–Trinajstić information content (AvgIpc) is 2.92. The Hall–Kier alpha value is -1.34. The average molecular weight is 265 g/mol. The summed E-state index contributed by atoms with van der Waals surface area (Å²) >= 11 is 1.70. The highest BCUT2D eigenvalue weighted by molar-refractivity contribution is 7.99. The summed E-state index contributed by atoms with van der Waals surface area (Å²) in [5, 5.41) is 16.1. The van der Waals surface area contributed by atoms with E-state index < -0.39 is 0 Å². The standard InChI is InChI=1S/C11H15N5OS/c1-2-10(1)16-11(13-14-15-16)18-6-4-12-7-9-3-5-17-8-9/h3,5,8,10,12H,1-2,4,6-7H2. The zero-order valence-corrected chi connectivity index (χ0v) is 10.8. The van der Waals surface area contributed by atoms with Crippen molar-refractivity contribution < 1.29 is 4.42 Å². The lowest BCUT2D eigenvalue weighted by molar-refractivity contribution is 0.561. The summed E-state index contributed by atoms with van der Waals surface area (Å²) in [6.45, 7) is 1.76. The molecule has 1 fully saturated rings. The highest BCUT2D eigenvalue weighted by atomic mass is 32.2. The van der Waals surface area contributed by atoms with E-state index in [9.17, 15) is 0 Å². The van der Waals surface area contributed by atoms with Crippen LogP contribution >= 0.6 is 11.8 Å². The molecule has 0 saturated heterocycles. The maximum Gasteiger partial charge on any atom is 0.209 e. The third kappa shape index (κ3) is 2.91. The molecule has 1 aliphatic rings. The van der Waals surface area contributed by atoms with Crippen LogP contribution in [0.25, 0.3) is 0 Å². The van der Waals surface area contributed by atoms with Crippen molar-refractivity contribution in [1.82, 2.24) is 25.5 Å². The lowest BCUT2D eigenvalue weighted by Crippen LogP contribution is -2.16. The molecule has 0 aliphatic heterocycles. The van der Waals surface area contributed by atoms with Gasteiger partial charge in [0.05, 0.1) is 18.6 Å². The van der Waals surface area contributed by atoms with E-state index in [1.54, 1.807) is 24.3 Å². The zero-order valence-electron chi connectivity index (χ0n) is 9.95. The van der Waals surface area contributed by atoms with Crippen LogP contribution in [0.3, 0.4) is 0 Å². The number of hydrogen-bond acceptors (Lipinski definition) is 6. The first-order chi connectivity index (χ1) is 8.93. The Kier molecular flexibility index (Phi) is 3.61. The van der Waals surface area contributed by atoms with E-state index in [0.717, 1.165) is 24.0 Å². The van der Waals surface area contributed by atoms with E-state index in [4.69, 9.17) is 4.42 Å². The van der Waals surface area contributed by atoms with Gasteiger partial charge in [0.2, 0.25) is 5.16 Å². The fourth-order valence-corrected chi connectivity index (χ4v) is 2.51. The second-order valence-electron chi connectivity index (χ2n) is 4.29. The Balaban J connectivity index is 1.38. The Bertz CT molecular complexity index is 479. The van der Waals surface area contributed by atoms with E-state index in [0.29, 0.717) is 6.04 Å². The molecule has 0 unspecified atom stereocenters. The summed E-state index contributed by atoms with van der Waals surface area (Å²) in [6.07, 6.45) is 5.86. The van der Waals surface area contributed by atoms with Gasteiger partial charge in [-0.3, -0.25) is 0 Å². The predicted octanol–water partition coefficient (Wildman–Crippen LogP) is 1.48. The predicted molar refractivity (Wildman–Crippen MR) is 67.2 cm³/mol. The van der Waals surface area contributed by atoms with E-state index in [1.165, 1.54) is 18.4 Å². The van der Waals surface area contributed by atoms with Gasteiger partial charge in [0.25, 0.3) is 0 Å². The van der Waals surface area contributed by atoms with Crippen molar-refractivity contribution in [3.05, 3.63) is 24.2 Å². The maximum absolute atomic E-state index is 5.00. The molecule has 2 heterocycles. The van der Waals surface area contributed by atoms with Gasteiger partial charge >= 0.3 is 0 Å². The molecule has 3 rings (SSSR count). The Morgan fingerprint density at radius 2 is 2.44 bits per heavy atom. The minimum absolute atomic E-state index is 0.543. The van der Waals surface area contributed by atoms with Crippen molar-refractivity contribution in [1.29, 1.82) is 0 Å². The number of hydrogen-bond donors (Lipinski definition) is 1. The van der Waals surface area contributed by atoms with Gasteiger partial charge in [-0.1, -0.05) is 11.8 Å². The van der Waals surface area contributed by atoms with Gasteiger partial charge in [-0.05, 0) is 29.3 Å². The molecule has 0 radical (unpaired) electrons. The van der Waals surface area contributed by atoms with Gasteiger partial charge in [-0.15, -0.1) is 5.10 Å². The minimum Gasteiger partial charge on any atom is -0.472 e. The van der Waals surface area contributed by atoms with E-state index in [2.05, 4.69) is 20.8 Å². The molecule has 18 heavy (non-hydrogen) atoms. The van der Waals surface area contributed by atoms with Crippen LogP contribution in [0.15, 0.2) is 28.2 Å². The second-order valence-corrected chi connectivity index (χ2v) is 5.36. The Morgan fingerprint density at radius 1 is 1.50 bits per heavy atom. The maximum atomic E-state index is 5.00. The van der Waals surface area contributed by atoms with Crippen LogP contribution in [-0.4, -0.2) is 32.5 Å². The largest absolute Gasteiger partial charge is 0.472 e. The molecule has 2 aromatic heterocycles. The summed E-state index contributed by atoms with van der Waals surface area (Å²) in [5.74, 6) is 0.963. The quantitative estimate of drug-likeness (QED) is 0.604. The lowest BCUT2D eigenvalue weighted by atomic mass is 10.3. The van der Waals surface area contributed by atoms with Gasteiger partial charge in [0.1, 0.15) is 0 Å². The Morgan fingerprint density at radius 3 is 3.22 bits per heavy atom. The van der Waals surface area contributed by atoms with Crippen molar-refractivity contribution in [2.24, 2.45) is 0 Å². The molecule has 0 amide bonds. The molecule has 1 N–H and O–H groups in total. The van der Waals surface area contributed by atoms with Crippen molar-refractivity contribution in [2.45, 2.75) is 30.6 Å². The normalized spacial score (nSPS) is 15.1. The molecule has 1 aliphatic carbocycles. The van der Waals surface area contributed by atoms with Crippen LogP contribution in [-0.2, 0) is 6.54 Å². The molecular formula is C11H15N5OS. The van der Waals surface area contributed by atoms with E-state index in [-0.39, 0.29) is 0 Å². The first-order valence-electron chi connectivity index (χ1n) is 6.06. The molecule has 96 valence electrons. The first-order valence-corrected chi connectivity index (χ1v) is 7.04. The van der Waals surface area contributed by atoms with Crippen molar-refractivity contribution in [3.63, 3.8) is 0 Å². The van der Waals surface area contributed by atoms with Gasteiger partial charge in [0, 0.05) is 24.4 Å². The summed E-state index contributed by atoms with van der Waals surface area (Å²) < 4.78 is 6.95. The highest BCUT2D eigenvalue weighted by Gasteiger charge is 2.27. The fourth-order valence-electron chi connectivity index (χ4n) is 1.67. The monoisotopic (exact) mass is 265 g/mol. The summed E-state index contributed by atoms with van der Waals surface area (Å²) in [4.78, 5) is 0. The molecule has 0 spiro atoms. The number of rotatable bonds is 7. The molecule has 7 heteroatoms. The number of furan rings is 1. The summed E-state index contributed by atoms with van der Waals surface area (Å²) in [6, 6.07) is 2.51. The number of aromatic nitrogens is 4.